The van der Waals surface area contributed by atoms with Crippen molar-refractivity contribution in [2.45, 2.75) is 56.8 Å². The van der Waals surface area contributed by atoms with Gasteiger partial charge >= 0.3 is 0 Å². The maximum atomic E-state index is 13.5. The maximum absolute atomic E-state index is 13.5. The summed E-state index contributed by atoms with van der Waals surface area (Å²) >= 11 is 0. The minimum atomic E-state index is -0.810. The van der Waals surface area contributed by atoms with Gasteiger partial charge in [-0.3, -0.25) is 14.4 Å². The molecule has 1 aliphatic heterocycles. The van der Waals surface area contributed by atoms with E-state index in [2.05, 4.69) is 5.32 Å². The fourth-order valence-corrected chi connectivity index (χ4v) is 5.09. The van der Waals surface area contributed by atoms with Crippen LogP contribution in [0.3, 0.4) is 0 Å². The molecule has 1 heterocycles. The zero-order valence-corrected chi connectivity index (χ0v) is 22.4. The largest absolute Gasteiger partial charge is 0.391 e. The van der Waals surface area contributed by atoms with Crippen LogP contribution in [-0.4, -0.2) is 64.4 Å². The Morgan fingerprint density at radius 3 is 2.08 bits per heavy atom. The molecule has 7 nitrogen and oxygen atoms in total. The molecule has 0 unspecified atom stereocenters. The summed E-state index contributed by atoms with van der Waals surface area (Å²) in [7, 11) is 1.72. The molecule has 2 N–H and O–H groups in total. The quantitative estimate of drug-likeness (QED) is 0.400. The Balaban J connectivity index is 1.42. The second-order valence-corrected chi connectivity index (χ2v) is 10.2. The molecular weight excluding hydrogens is 490 g/mol. The molecule has 1 saturated heterocycles. The molecule has 0 saturated carbocycles. The van der Waals surface area contributed by atoms with Crippen LogP contribution in [0.15, 0.2) is 91.0 Å². The first-order valence-corrected chi connectivity index (χ1v) is 13.6. The maximum Gasteiger partial charge on any atom is 0.245 e. The van der Waals surface area contributed by atoms with Crippen LogP contribution in [-0.2, 0) is 33.8 Å². The first-order valence-electron chi connectivity index (χ1n) is 13.6. The van der Waals surface area contributed by atoms with Crippen molar-refractivity contribution in [3.63, 3.8) is 0 Å². The Morgan fingerprint density at radius 2 is 1.46 bits per heavy atom. The highest BCUT2D eigenvalue weighted by molar-refractivity contribution is 5.92. The van der Waals surface area contributed by atoms with Crippen molar-refractivity contribution in [2.24, 2.45) is 0 Å². The molecule has 1 aliphatic rings. The van der Waals surface area contributed by atoms with E-state index in [-0.39, 0.29) is 31.2 Å². The molecule has 3 aromatic carbocycles. The van der Waals surface area contributed by atoms with Gasteiger partial charge in [-0.05, 0) is 29.5 Å². The highest BCUT2D eigenvalue weighted by Crippen LogP contribution is 2.21. The number of β-amino-alcohol motifs (C(OH)–C–C–N with tert-alkyl or cyclic N) is 1. The van der Waals surface area contributed by atoms with E-state index in [1.807, 2.05) is 91.0 Å². The predicted octanol–water partition coefficient (Wildman–Crippen LogP) is 3.36. The van der Waals surface area contributed by atoms with E-state index >= 15 is 0 Å². The third-order valence-corrected chi connectivity index (χ3v) is 7.14. The van der Waals surface area contributed by atoms with E-state index in [9.17, 15) is 19.5 Å². The number of benzene rings is 3. The average molecular weight is 528 g/mol. The summed E-state index contributed by atoms with van der Waals surface area (Å²) in [6.45, 7) is 0.530. The highest BCUT2D eigenvalue weighted by atomic mass is 16.3. The van der Waals surface area contributed by atoms with Crippen LogP contribution in [0.5, 0.6) is 0 Å². The van der Waals surface area contributed by atoms with Gasteiger partial charge in [0.2, 0.25) is 17.7 Å². The topological polar surface area (TPSA) is 89.9 Å². The standard InChI is InChI=1S/C32H37N3O4/c1-34(22-26-16-9-4-10-17-26)32(39)28(20-25-14-7-3-8-15-25)33-31(38)29-21-27(36)23-35(29)30(37)19-11-18-24-12-5-2-6-13-24/h2-10,12-17,27-29,36H,11,18-23H2,1H3,(H,33,38)/t27-,28+,29+/m1/s1. The molecule has 0 aliphatic carbocycles. The smallest absolute Gasteiger partial charge is 0.245 e. The second-order valence-electron chi connectivity index (χ2n) is 10.2. The van der Waals surface area contributed by atoms with Gasteiger partial charge in [-0.2, -0.15) is 0 Å². The summed E-state index contributed by atoms with van der Waals surface area (Å²) in [5.41, 5.74) is 3.07. The van der Waals surface area contributed by atoms with Gasteiger partial charge in [0.05, 0.1) is 6.10 Å². The van der Waals surface area contributed by atoms with E-state index in [4.69, 9.17) is 0 Å². The van der Waals surface area contributed by atoms with Gasteiger partial charge in [-0.1, -0.05) is 91.0 Å². The van der Waals surface area contributed by atoms with E-state index < -0.39 is 24.1 Å². The Morgan fingerprint density at radius 1 is 0.897 bits per heavy atom. The number of hydrogen-bond donors (Lipinski definition) is 2. The molecule has 39 heavy (non-hydrogen) atoms. The summed E-state index contributed by atoms with van der Waals surface area (Å²) in [5, 5.41) is 13.3. The van der Waals surface area contributed by atoms with Crippen molar-refractivity contribution in [1.82, 2.24) is 15.1 Å². The van der Waals surface area contributed by atoms with Gasteiger partial charge < -0.3 is 20.2 Å². The SMILES string of the molecule is CN(Cc1ccccc1)C(=O)[C@H](Cc1ccccc1)NC(=O)[C@@H]1C[C@@H](O)CN1C(=O)CCCc1ccccc1. The van der Waals surface area contributed by atoms with Gasteiger partial charge in [-0.25, -0.2) is 0 Å². The zero-order valence-electron chi connectivity index (χ0n) is 22.4. The van der Waals surface area contributed by atoms with Crippen molar-refractivity contribution in [3.05, 3.63) is 108 Å². The number of aryl methyl sites for hydroxylation is 1. The molecule has 3 atom stereocenters. The third kappa shape index (κ3) is 8.01. The molecule has 3 amide bonds. The van der Waals surface area contributed by atoms with Crippen molar-refractivity contribution in [2.75, 3.05) is 13.6 Å². The number of amides is 3. The molecule has 0 spiro atoms. The van der Waals surface area contributed by atoms with E-state index in [0.29, 0.717) is 19.4 Å². The summed E-state index contributed by atoms with van der Waals surface area (Å²) in [4.78, 5) is 43.2. The van der Waals surface area contributed by atoms with Crippen molar-refractivity contribution in [1.29, 1.82) is 0 Å². The van der Waals surface area contributed by atoms with Gasteiger partial charge in [0, 0.05) is 39.4 Å². The number of aliphatic hydroxyl groups excluding tert-OH is 1. The van der Waals surface area contributed by atoms with Gasteiger partial charge in [0.1, 0.15) is 12.1 Å². The molecule has 4 rings (SSSR count). The molecule has 1 fully saturated rings. The molecule has 0 aromatic heterocycles. The summed E-state index contributed by atoms with van der Waals surface area (Å²) in [5.74, 6) is -0.782. The number of nitrogens with one attached hydrogen (secondary N) is 1. The van der Waals surface area contributed by atoms with Crippen molar-refractivity contribution in [3.8, 4) is 0 Å². The number of aliphatic hydroxyl groups is 1. The highest BCUT2D eigenvalue weighted by Gasteiger charge is 2.40. The fourth-order valence-electron chi connectivity index (χ4n) is 5.09. The van der Waals surface area contributed by atoms with Crippen LogP contribution in [0.4, 0.5) is 0 Å². The minimum Gasteiger partial charge on any atom is -0.391 e. The molecule has 0 bridgehead atoms. The molecule has 7 heteroatoms. The van der Waals surface area contributed by atoms with Crippen LogP contribution in [0.25, 0.3) is 0 Å². The monoisotopic (exact) mass is 527 g/mol. The molecule has 0 radical (unpaired) electrons. The van der Waals surface area contributed by atoms with Gasteiger partial charge in [-0.15, -0.1) is 0 Å². The van der Waals surface area contributed by atoms with Crippen LogP contribution in [0.1, 0.15) is 36.0 Å². The third-order valence-electron chi connectivity index (χ3n) is 7.14. The molecular formula is C32H37N3O4. The Kier molecular flexibility index (Phi) is 9.86. The lowest BCUT2D eigenvalue weighted by Crippen LogP contribution is -2.54. The number of nitrogens with zero attached hydrogens (tertiary/aromatic N) is 2. The van der Waals surface area contributed by atoms with Crippen LogP contribution in [0.2, 0.25) is 0 Å². The van der Waals surface area contributed by atoms with E-state index in [1.165, 1.54) is 4.90 Å². The number of hydrogen-bond acceptors (Lipinski definition) is 4. The number of likely N-dealkylation sites (N-methyl/N-ethyl adjacent to an activating group) is 1. The van der Waals surface area contributed by atoms with Crippen molar-refractivity contribution >= 4 is 17.7 Å². The number of carbonyl (C=O) groups is 3. The summed E-state index contributed by atoms with van der Waals surface area (Å²) < 4.78 is 0. The second kappa shape index (κ2) is 13.7. The summed E-state index contributed by atoms with van der Waals surface area (Å²) in [6, 6.07) is 27.6. The Labute approximate surface area is 230 Å². The first-order chi connectivity index (χ1) is 18.9. The zero-order chi connectivity index (χ0) is 27.6. The van der Waals surface area contributed by atoms with Gasteiger partial charge in [0.25, 0.3) is 0 Å². The Bertz CT molecular complexity index is 1220. The average Bonchev–Trinajstić information content (AvgIpc) is 3.36. The van der Waals surface area contributed by atoms with E-state index in [0.717, 1.165) is 23.1 Å². The number of rotatable bonds is 11. The summed E-state index contributed by atoms with van der Waals surface area (Å²) in [6.07, 6.45) is 1.41. The van der Waals surface area contributed by atoms with Gasteiger partial charge in [0.15, 0.2) is 0 Å². The van der Waals surface area contributed by atoms with Crippen LogP contribution in [0, 0.1) is 0 Å². The van der Waals surface area contributed by atoms with E-state index in [1.54, 1.807) is 11.9 Å². The fraction of sp³-hybridized carbons (Fsp3) is 0.344. The normalized spacial score (nSPS) is 17.4. The first kappa shape index (κ1) is 28.0. The number of carbonyl (C=O) groups excluding carboxylic acids is 3. The molecule has 3 aromatic rings. The lowest BCUT2D eigenvalue weighted by molar-refractivity contribution is -0.141. The Hall–Kier alpha value is -3.97. The van der Waals surface area contributed by atoms with Crippen LogP contribution < -0.4 is 5.32 Å². The number of likely N-dealkylation sites (tertiary alicyclic amines) is 1. The van der Waals surface area contributed by atoms with Crippen molar-refractivity contribution < 1.29 is 19.5 Å². The lowest BCUT2D eigenvalue weighted by Gasteiger charge is -2.28. The molecule has 204 valence electrons. The predicted molar refractivity (Wildman–Crippen MR) is 150 cm³/mol. The lowest BCUT2D eigenvalue weighted by atomic mass is 10.0. The minimum absolute atomic E-state index is 0.119. The van der Waals surface area contributed by atoms with Crippen LogP contribution >= 0.6 is 0 Å².